The molecule has 0 atom stereocenters. The Morgan fingerprint density at radius 1 is 0.221 bits per heavy atom. The van der Waals surface area contributed by atoms with E-state index in [0.29, 0.717) is 69.8 Å². The summed E-state index contributed by atoms with van der Waals surface area (Å²) in [6.07, 6.45) is 20.9. The van der Waals surface area contributed by atoms with E-state index >= 15 is 0 Å². The summed E-state index contributed by atoms with van der Waals surface area (Å²) in [7, 11) is 4.22. The number of rotatable bonds is 45. The molecule has 2 aliphatic rings. The fourth-order valence-electron chi connectivity index (χ4n) is 14.9. The number of anilines is 2. The van der Waals surface area contributed by atoms with Gasteiger partial charge in [-0.1, -0.05) is 109 Å². The highest BCUT2D eigenvalue weighted by Crippen LogP contribution is 2.30. The van der Waals surface area contributed by atoms with Gasteiger partial charge in [-0.15, -0.1) is 0 Å². The van der Waals surface area contributed by atoms with E-state index in [0.717, 1.165) is 109 Å². The van der Waals surface area contributed by atoms with E-state index in [9.17, 15) is 47.9 Å². The van der Waals surface area contributed by atoms with Crippen LogP contribution in [-0.4, -0.2) is 149 Å². The number of aryl methyl sites for hydroxylation is 2. The minimum atomic E-state index is -0.650. The zero-order valence-corrected chi connectivity index (χ0v) is 77.7. The third kappa shape index (κ3) is 33.3. The van der Waals surface area contributed by atoms with Crippen LogP contribution >= 0.6 is 0 Å². The van der Waals surface area contributed by atoms with Gasteiger partial charge in [0.1, 0.15) is 57.5 Å². The highest BCUT2D eigenvalue weighted by molar-refractivity contribution is 5.96. The van der Waals surface area contributed by atoms with Gasteiger partial charge in [0.25, 0.3) is 0 Å². The molecule has 0 unspecified atom stereocenters. The summed E-state index contributed by atoms with van der Waals surface area (Å²) in [5, 5.41) is 0. The molecule has 0 radical (unpaired) electrons. The van der Waals surface area contributed by atoms with Crippen molar-refractivity contribution in [1.29, 1.82) is 0 Å². The highest BCUT2D eigenvalue weighted by atomic mass is 16.6. The normalized spacial score (nSPS) is 12.5. The summed E-state index contributed by atoms with van der Waals surface area (Å²) in [5.41, 5.74) is 7.12. The van der Waals surface area contributed by atoms with Crippen LogP contribution in [0.3, 0.4) is 0 Å². The van der Waals surface area contributed by atoms with Crippen molar-refractivity contribution >= 4 is 71.1 Å². The molecular formula is C111H118N4O21. The van der Waals surface area contributed by atoms with E-state index in [1.807, 2.05) is 48.5 Å². The Bertz CT molecular complexity index is 5670. The lowest BCUT2D eigenvalue weighted by Crippen LogP contribution is -2.44. The number of carbonyl (C=O) groups is 10. The zero-order valence-electron chi connectivity index (χ0n) is 77.7. The minimum absolute atomic E-state index is 0.143. The molecule has 0 aromatic heterocycles. The number of esters is 10. The van der Waals surface area contributed by atoms with Gasteiger partial charge in [-0.2, -0.15) is 0 Å². The van der Waals surface area contributed by atoms with Crippen LogP contribution in [0.1, 0.15) is 230 Å². The molecule has 11 aromatic carbocycles. The van der Waals surface area contributed by atoms with Crippen LogP contribution in [0.2, 0.25) is 0 Å². The minimum Gasteiger partial charge on any atom is -0.494 e. The molecule has 136 heavy (non-hydrogen) atoms. The first kappa shape index (κ1) is 100. The second-order valence-corrected chi connectivity index (χ2v) is 33.5. The summed E-state index contributed by atoms with van der Waals surface area (Å²) in [5.74, 6) is -2.28. The largest absolute Gasteiger partial charge is 0.494 e. The predicted octanol–water partition coefficient (Wildman–Crippen LogP) is 21.7. The SMILES string of the molecule is CCCCCCCCCc1ccc(C(=O)Oc2ccc(C(=O)Oc3ccc(C(=O)Oc4ccc(C(=O)Oc5ccc(N6CCN(C)CC6)cc5)cc4)cc3)cc2)cc1.CCCCCCCCc1ccc(C(=O)Oc2ccc(OC(=O)c3ccc(OCCCCCCOC(=O)CCC(=O)Oc4ccc(C(=O)Oc5ccc(C(=O)Oc6ccc(N7CCN(C)CC7)cc6)cc5)cc4)cc3)cc2)cc1. The third-order valence-corrected chi connectivity index (χ3v) is 23.1. The summed E-state index contributed by atoms with van der Waals surface area (Å²) >= 11 is 0. The van der Waals surface area contributed by atoms with E-state index in [1.54, 1.807) is 97.1 Å². The molecule has 0 aliphatic carbocycles. The van der Waals surface area contributed by atoms with Crippen molar-refractivity contribution in [3.05, 3.63) is 323 Å². The Morgan fingerprint density at radius 2 is 0.434 bits per heavy atom. The standard InChI is InChI=1S/C63H68N2O13.C48H50N2O8/c1-3-4-5-6-7-10-13-46-14-16-47(17-15-46)60(68)77-56-34-36-57(37-35-56)78-61(69)48-18-26-52(27-19-48)72-44-11-8-9-12-45-73-58(66)38-39-59(67)74-53-28-20-49(21-29-53)62(70)75-54-30-22-50(23-31-54)63(71)76-55-32-24-51(25-33-55)65-42-40-64(2)41-43-65;1-3-4-5-6-7-8-9-10-35-11-13-36(14-12-35)45(51)55-41-23-15-37(16-24-41)46(52)56-42-25-17-38(18-26-42)47(53)57-43-27-19-39(20-28-43)48(54)58-44-29-21-40(22-30-44)50-33-31-49(2)32-34-50/h14-37H,3-13,38-45H2,1-2H3;11-30H,3-10,31-34H2,1-2H3. The highest BCUT2D eigenvalue weighted by Gasteiger charge is 2.23. The van der Waals surface area contributed by atoms with Gasteiger partial charge >= 0.3 is 59.7 Å². The number of carbonyl (C=O) groups excluding carboxylic acids is 10. The Balaban J connectivity index is 0.000000255. The number of nitrogens with zero attached hydrogens (tertiary/aromatic N) is 4. The molecule has 2 aliphatic heterocycles. The van der Waals surface area contributed by atoms with Gasteiger partial charge in [-0.05, 0) is 319 Å². The van der Waals surface area contributed by atoms with Gasteiger partial charge in [-0.3, -0.25) is 9.59 Å². The van der Waals surface area contributed by atoms with Gasteiger partial charge < -0.3 is 71.7 Å². The van der Waals surface area contributed by atoms with Gasteiger partial charge in [0, 0.05) is 63.7 Å². The molecule has 0 saturated carbocycles. The molecule has 11 aromatic rings. The number of hydrogen-bond acceptors (Lipinski definition) is 25. The lowest BCUT2D eigenvalue weighted by molar-refractivity contribution is -0.147. The van der Waals surface area contributed by atoms with Crippen molar-refractivity contribution in [3.63, 3.8) is 0 Å². The first-order chi connectivity index (χ1) is 66.2. The average Bonchev–Trinajstić information content (AvgIpc) is 0.849. The van der Waals surface area contributed by atoms with E-state index in [-0.39, 0.29) is 64.7 Å². The topological polar surface area (TPSA) is 285 Å². The maximum absolute atomic E-state index is 12.8. The second kappa shape index (κ2) is 53.4. The Kier molecular flexibility index (Phi) is 39.4. The Labute approximate surface area is 794 Å². The summed E-state index contributed by atoms with van der Waals surface area (Å²) < 4.78 is 60.5. The van der Waals surface area contributed by atoms with E-state index < -0.39 is 59.7 Å². The lowest BCUT2D eigenvalue weighted by Gasteiger charge is -2.34. The number of ether oxygens (including phenoxy) is 11. The van der Waals surface area contributed by atoms with E-state index in [1.165, 1.54) is 203 Å². The smallest absolute Gasteiger partial charge is 0.343 e. The maximum atomic E-state index is 12.8. The number of piperazine rings is 2. The Hall–Kier alpha value is -14.6. The van der Waals surface area contributed by atoms with Crippen LogP contribution in [0.25, 0.3) is 0 Å². The molecule has 25 heteroatoms. The van der Waals surface area contributed by atoms with Crippen LogP contribution in [0.15, 0.2) is 267 Å². The van der Waals surface area contributed by atoms with Crippen molar-refractivity contribution in [3.8, 4) is 57.5 Å². The monoisotopic (exact) mass is 1840 g/mol. The zero-order chi connectivity index (χ0) is 95.6. The number of hydrogen-bond donors (Lipinski definition) is 0. The molecule has 2 heterocycles. The fraction of sp³-hybridized carbons (Fsp3) is 0.315. The lowest BCUT2D eigenvalue weighted by atomic mass is 10.0. The van der Waals surface area contributed by atoms with Crippen LogP contribution in [-0.2, 0) is 27.2 Å². The van der Waals surface area contributed by atoms with Gasteiger partial charge in [0.05, 0.1) is 70.6 Å². The second-order valence-electron chi connectivity index (χ2n) is 33.5. The number of unbranched alkanes of at least 4 members (excludes halogenated alkanes) is 14. The first-order valence-electron chi connectivity index (χ1n) is 46.9. The average molecular weight is 1840 g/mol. The number of likely N-dealkylation sites (N-methyl/N-ethyl adjacent to an activating group) is 2. The molecule has 708 valence electrons. The summed E-state index contributed by atoms with van der Waals surface area (Å²) in [4.78, 5) is 136. The fourth-order valence-corrected chi connectivity index (χ4v) is 14.9. The van der Waals surface area contributed by atoms with Crippen LogP contribution in [0.4, 0.5) is 11.4 Å². The van der Waals surface area contributed by atoms with Crippen molar-refractivity contribution in [2.24, 2.45) is 0 Å². The summed E-state index contributed by atoms with van der Waals surface area (Å²) in [6, 6.07) is 72.8. The maximum Gasteiger partial charge on any atom is 0.343 e. The summed E-state index contributed by atoms with van der Waals surface area (Å²) in [6.45, 7) is 12.9. The van der Waals surface area contributed by atoms with Crippen LogP contribution in [0, 0.1) is 0 Å². The molecule has 2 fully saturated rings. The molecule has 0 spiro atoms. The quantitative estimate of drug-likeness (QED) is 0.0195. The van der Waals surface area contributed by atoms with E-state index in [4.69, 9.17) is 52.1 Å². The van der Waals surface area contributed by atoms with Crippen LogP contribution in [0.5, 0.6) is 57.5 Å². The van der Waals surface area contributed by atoms with E-state index in [2.05, 4.69) is 47.5 Å². The van der Waals surface area contributed by atoms with Crippen molar-refractivity contribution < 1.29 is 100 Å². The van der Waals surface area contributed by atoms with Crippen molar-refractivity contribution in [2.75, 3.05) is 89.5 Å². The molecular weight excluding hydrogens is 1730 g/mol. The third-order valence-electron chi connectivity index (χ3n) is 23.1. The first-order valence-corrected chi connectivity index (χ1v) is 46.9. The Morgan fingerprint density at radius 3 is 0.713 bits per heavy atom. The molecule has 0 amide bonds. The molecule has 2 saturated heterocycles. The predicted molar refractivity (Wildman–Crippen MR) is 519 cm³/mol. The van der Waals surface area contributed by atoms with Gasteiger partial charge in [-0.25, -0.2) is 38.4 Å². The van der Waals surface area contributed by atoms with Gasteiger partial charge in [0.2, 0.25) is 0 Å². The van der Waals surface area contributed by atoms with Gasteiger partial charge in [0.15, 0.2) is 0 Å². The molecule has 0 bridgehead atoms. The molecule has 25 nitrogen and oxygen atoms in total. The van der Waals surface area contributed by atoms with Crippen molar-refractivity contribution in [1.82, 2.24) is 9.80 Å². The van der Waals surface area contributed by atoms with Crippen LogP contribution < -0.4 is 57.2 Å². The number of benzene rings is 11. The molecule has 0 N–H and O–H groups in total. The molecule has 13 rings (SSSR count). The van der Waals surface area contributed by atoms with Crippen molar-refractivity contribution in [2.45, 2.75) is 149 Å².